The summed E-state index contributed by atoms with van der Waals surface area (Å²) in [5.41, 5.74) is 3.60. The van der Waals surface area contributed by atoms with Crippen molar-refractivity contribution in [3.8, 4) is 5.75 Å². The Morgan fingerprint density at radius 2 is 1.93 bits per heavy atom. The number of urea groups is 1. The van der Waals surface area contributed by atoms with Gasteiger partial charge in [0, 0.05) is 50.9 Å². The molecule has 2 heterocycles. The van der Waals surface area contributed by atoms with Gasteiger partial charge in [-0.15, -0.1) is 0 Å². The van der Waals surface area contributed by atoms with Gasteiger partial charge in [0.2, 0.25) is 0 Å². The van der Waals surface area contributed by atoms with Crippen LogP contribution in [-0.4, -0.2) is 67.1 Å². The average molecular weight is 395 g/mol. The van der Waals surface area contributed by atoms with E-state index in [1.54, 1.807) is 7.11 Å². The van der Waals surface area contributed by atoms with Crippen LogP contribution >= 0.6 is 0 Å². The summed E-state index contributed by atoms with van der Waals surface area (Å²) in [4.78, 5) is 19.5. The summed E-state index contributed by atoms with van der Waals surface area (Å²) < 4.78 is 5.45. The van der Waals surface area contributed by atoms with Crippen LogP contribution in [0.15, 0.2) is 48.5 Å². The van der Waals surface area contributed by atoms with Crippen LogP contribution in [0.1, 0.15) is 16.7 Å². The van der Waals surface area contributed by atoms with Gasteiger partial charge in [-0.2, -0.15) is 0 Å². The summed E-state index contributed by atoms with van der Waals surface area (Å²) in [6, 6.07) is 16.9. The van der Waals surface area contributed by atoms with Gasteiger partial charge in [0.1, 0.15) is 5.75 Å². The highest BCUT2D eigenvalue weighted by atomic mass is 16.5. The minimum Gasteiger partial charge on any atom is -0.496 e. The molecule has 0 saturated carbocycles. The molecule has 2 aromatic rings. The largest absolute Gasteiger partial charge is 0.496 e. The quantitative estimate of drug-likeness (QED) is 0.847. The molecule has 29 heavy (non-hydrogen) atoms. The number of hydrogen-bond donors (Lipinski definition) is 1. The zero-order valence-electron chi connectivity index (χ0n) is 17.3. The number of methoxy groups -OCH3 is 1. The fourth-order valence-corrected chi connectivity index (χ4v) is 4.31. The Hall–Kier alpha value is -2.57. The molecule has 2 amide bonds. The third-order valence-electron chi connectivity index (χ3n) is 5.97. The van der Waals surface area contributed by atoms with Crippen LogP contribution in [0.3, 0.4) is 0 Å². The van der Waals surface area contributed by atoms with Crippen LogP contribution in [0, 0.1) is 0 Å². The lowest BCUT2D eigenvalue weighted by atomic mass is 10.1. The summed E-state index contributed by atoms with van der Waals surface area (Å²) in [5.74, 6) is 0.862. The molecule has 0 radical (unpaired) electrons. The standard InChI is InChI=1S/C23H30N4O2/c1-25-11-12-26(14-18-7-4-3-5-8-18)20(16-25)13-24-23(28)27-15-19-9-6-10-22(29-2)21(19)17-27/h3-10,20H,11-17H2,1-2H3,(H,24,28). The van der Waals surface area contributed by atoms with Crippen molar-refractivity contribution < 1.29 is 9.53 Å². The van der Waals surface area contributed by atoms with Crippen molar-refractivity contribution in [2.75, 3.05) is 40.3 Å². The number of rotatable bonds is 5. The van der Waals surface area contributed by atoms with E-state index in [0.717, 1.165) is 37.5 Å². The van der Waals surface area contributed by atoms with E-state index >= 15 is 0 Å². The third kappa shape index (κ3) is 4.54. The number of nitrogens with one attached hydrogen (secondary N) is 1. The highest BCUT2D eigenvalue weighted by Crippen LogP contribution is 2.30. The maximum Gasteiger partial charge on any atom is 0.318 e. The molecular formula is C23H30N4O2. The van der Waals surface area contributed by atoms with Crippen LogP contribution in [0.2, 0.25) is 0 Å². The molecule has 1 saturated heterocycles. The Morgan fingerprint density at radius 3 is 2.72 bits per heavy atom. The molecule has 6 nitrogen and oxygen atoms in total. The number of piperazine rings is 1. The molecule has 154 valence electrons. The van der Waals surface area contributed by atoms with E-state index < -0.39 is 0 Å². The molecule has 1 N–H and O–H groups in total. The molecule has 1 fully saturated rings. The molecule has 0 spiro atoms. The first-order chi connectivity index (χ1) is 14.1. The number of carbonyl (C=O) groups is 1. The third-order valence-corrected chi connectivity index (χ3v) is 5.97. The fourth-order valence-electron chi connectivity index (χ4n) is 4.31. The Balaban J connectivity index is 1.36. The van der Waals surface area contributed by atoms with Gasteiger partial charge in [-0.05, 0) is 24.2 Å². The van der Waals surface area contributed by atoms with Crippen LogP contribution < -0.4 is 10.1 Å². The van der Waals surface area contributed by atoms with Crippen LogP contribution in [0.4, 0.5) is 4.79 Å². The van der Waals surface area contributed by atoms with Gasteiger partial charge < -0.3 is 19.9 Å². The van der Waals surface area contributed by atoms with E-state index in [9.17, 15) is 4.79 Å². The van der Waals surface area contributed by atoms with E-state index in [1.165, 1.54) is 11.1 Å². The maximum atomic E-state index is 12.8. The number of fused-ring (bicyclic) bond motifs is 1. The van der Waals surface area contributed by atoms with E-state index in [2.05, 4.69) is 52.5 Å². The fraction of sp³-hybridized carbons (Fsp3) is 0.435. The van der Waals surface area contributed by atoms with Crippen molar-refractivity contribution >= 4 is 6.03 Å². The van der Waals surface area contributed by atoms with Gasteiger partial charge in [0.05, 0.1) is 13.7 Å². The minimum absolute atomic E-state index is 0.00357. The maximum absolute atomic E-state index is 12.8. The number of benzene rings is 2. The topological polar surface area (TPSA) is 48.1 Å². The molecule has 0 aromatic heterocycles. The number of nitrogens with zero attached hydrogens (tertiary/aromatic N) is 3. The van der Waals surface area contributed by atoms with Crippen LogP contribution in [-0.2, 0) is 19.6 Å². The van der Waals surface area contributed by atoms with Crippen LogP contribution in [0.25, 0.3) is 0 Å². The van der Waals surface area contributed by atoms with E-state index in [4.69, 9.17) is 4.74 Å². The number of ether oxygens (including phenoxy) is 1. The van der Waals surface area contributed by atoms with E-state index in [0.29, 0.717) is 25.7 Å². The second-order valence-corrected chi connectivity index (χ2v) is 8.01. The highest BCUT2D eigenvalue weighted by molar-refractivity contribution is 5.75. The van der Waals surface area contributed by atoms with Crippen molar-refractivity contribution in [2.24, 2.45) is 0 Å². The Kier molecular flexibility index (Phi) is 6.02. The summed E-state index contributed by atoms with van der Waals surface area (Å²) in [6.45, 7) is 5.83. The number of carbonyl (C=O) groups excluding carboxylic acids is 1. The first-order valence-electron chi connectivity index (χ1n) is 10.3. The van der Waals surface area contributed by atoms with Gasteiger partial charge in [-0.25, -0.2) is 4.79 Å². The summed E-state index contributed by atoms with van der Waals surface area (Å²) in [7, 11) is 3.83. The lowest BCUT2D eigenvalue weighted by Crippen LogP contribution is -2.56. The Morgan fingerprint density at radius 1 is 1.10 bits per heavy atom. The monoisotopic (exact) mass is 394 g/mol. The van der Waals surface area contributed by atoms with E-state index in [1.807, 2.05) is 23.1 Å². The van der Waals surface area contributed by atoms with Crippen molar-refractivity contribution in [2.45, 2.75) is 25.7 Å². The van der Waals surface area contributed by atoms with E-state index in [-0.39, 0.29) is 6.03 Å². The molecule has 1 atom stereocenters. The van der Waals surface area contributed by atoms with Crippen molar-refractivity contribution in [3.05, 3.63) is 65.2 Å². The molecular weight excluding hydrogens is 364 g/mol. The SMILES string of the molecule is COc1cccc2c1CN(C(=O)NCC1CN(C)CCN1Cc1ccccc1)C2. The molecule has 2 aromatic carbocycles. The zero-order chi connectivity index (χ0) is 20.2. The zero-order valence-corrected chi connectivity index (χ0v) is 17.3. The lowest BCUT2D eigenvalue weighted by molar-refractivity contribution is 0.0828. The molecule has 2 aliphatic rings. The molecule has 6 heteroatoms. The van der Waals surface area contributed by atoms with Crippen molar-refractivity contribution in [3.63, 3.8) is 0 Å². The van der Waals surface area contributed by atoms with Gasteiger partial charge >= 0.3 is 6.03 Å². The molecule has 2 aliphatic heterocycles. The first-order valence-corrected chi connectivity index (χ1v) is 10.3. The Labute approximate surface area is 173 Å². The smallest absolute Gasteiger partial charge is 0.318 e. The normalized spacial score (nSPS) is 19.8. The average Bonchev–Trinajstić information content (AvgIpc) is 3.19. The minimum atomic E-state index is -0.00357. The van der Waals surface area contributed by atoms with Gasteiger partial charge in [0.15, 0.2) is 0 Å². The summed E-state index contributed by atoms with van der Waals surface area (Å²) in [6.07, 6.45) is 0. The molecule has 1 unspecified atom stereocenters. The number of amides is 2. The van der Waals surface area contributed by atoms with Gasteiger partial charge in [-0.1, -0.05) is 42.5 Å². The highest BCUT2D eigenvalue weighted by Gasteiger charge is 2.29. The first kappa shape index (κ1) is 19.7. The van der Waals surface area contributed by atoms with Crippen molar-refractivity contribution in [1.29, 1.82) is 0 Å². The second-order valence-electron chi connectivity index (χ2n) is 8.01. The predicted octanol–water partition coefficient (Wildman–Crippen LogP) is 2.54. The van der Waals surface area contributed by atoms with Crippen molar-refractivity contribution in [1.82, 2.24) is 20.0 Å². The van der Waals surface area contributed by atoms with Crippen LogP contribution in [0.5, 0.6) is 5.75 Å². The number of hydrogen-bond acceptors (Lipinski definition) is 4. The molecule has 0 bridgehead atoms. The Bertz CT molecular complexity index is 842. The second kappa shape index (κ2) is 8.84. The number of likely N-dealkylation sites (N-methyl/N-ethyl adjacent to an activating group) is 1. The summed E-state index contributed by atoms with van der Waals surface area (Å²) >= 11 is 0. The summed E-state index contributed by atoms with van der Waals surface area (Å²) in [5, 5.41) is 3.18. The van der Waals surface area contributed by atoms with Gasteiger partial charge in [-0.3, -0.25) is 4.90 Å². The predicted molar refractivity (Wildman–Crippen MR) is 114 cm³/mol. The lowest BCUT2D eigenvalue weighted by Gasteiger charge is -2.40. The molecule has 0 aliphatic carbocycles. The van der Waals surface area contributed by atoms with Gasteiger partial charge in [0.25, 0.3) is 0 Å². The molecule has 4 rings (SSSR count).